The molecule has 1 aliphatic rings. The smallest absolute Gasteiger partial charge is 0.252 e. The molecule has 28 heavy (non-hydrogen) atoms. The Balaban J connectivity index is 1.43. The summed E-state index contributed by atoms with van der Waals surface area (Å²) < 4.78 is 13.1. The highest BCUT2D eigenvalue weighted by atomic mass is 35.5. The number of halogens is 3. The molecule has 148 valence electrons. The largest absolute Gasteiger partial charge is 0.368 e. The number of nitrogens with zero attached hydrogens (tertiary/aromatic N) is 2. The van der Waals surface area contributed by atoms with Crippen LogP contribution in [0.2, 0.25) is 10.0 Å². The van der Waals surface area contributed by atoms with Crippen LogP contribution < -0.4 is 10.2 Å². The molecular weight excluding hydrogens is 404 g/mol. The minimum absolute atomic E-state index is 0.0127. The van der Waals surface area contributed by atoms with Crippen LogP contribution in [0.4, 0.5) is 10.1 Å². The molecule has 0 aliphatic carbocycles. The zero-order chi connectivity index (χ0) is 20.1. The molecule has 0 spiro atoms. The SMILES string of the molecule is O=C(NCCC(=O)N1CCN(c2ccc(Cl)cc2)CC1)c1ccc(F)cc1Cl. The van der Waals surface area contributed by atoms with E-state index in [2.05, 4.69) is 10.2 Å². The highest BCUT2D eigenvalue weighted by Crippen LogP contribution is 2.20. The van der Waals surface area contributed by atoms with Gasteiger partial charge in [-0.1, -0.05) is 23.2 Å². The van der Waals surface area contributed by atoms with Crippen LogP contribution in [0, 0.1) is 5.82 Å². The number of benzene rings is 2. The maximum atomic E-state index is 13.1. The van der Waals surface area contributed by atoms with Crippen LogP contribution in [0.5, 0.6) is 0 Å². The summed E-state index contributed by atoms with van der Waals surface area (Å²) in [6.07, 6.45) is 0.200. The minimum Gasteiger partial charge on any atom is -0.368 e. The molecule has 0 unspecified atom stereocenters. The quantitative estimate of drug-likeness (QED) is 0.798. The second kappa shape index (κ2) is 9.26. The van der Waals surface area contributed by atoms with Crippen molar-refractivity contribution in [1.82, 2.24) is 10.2 Å². The molecule has 5 nitrogen and oxygen atoms in total. The number of carbonyl (C=O) groups is 2. The first-order valence-corrected chi connectivity index (χ1v) is 9.71. The first-order valence-electron chi connectivity index (χ1n) is 8.95. The molecule has 2 aromatic rings. The standard InChI is InChI=1S/C20H20Cl2FN3O2/c21-14-1-4-16(5-2-14)25-9-11-26(12-10-25)19(27)7-8-24-20(28)17-6-3-15(23)13-18(17)22/h1-6,13H,7-12H2,(H,24,28). The molecule has 1 saturated heterocycles. The highest BCUT2D eigenvalue weighted by Gasteiger charge is 2.21. The predicted octanol–water partition coefficient (Wildman–Crippen LogP) is 3.60. The Bertz CT molecular complexity index is 853. The van der Waals surface area contributed by atoms with Crippen molar-refractivity contribution in [2.24, 2.45) is 0 Å². The molecule has 3 rings (SSSR count). The van der Waals surface area contributed by atoms with Crippen LogP contribution in [-0.2, 0) is 4.79 Å². The lowest BCUT2D eigenvalue weighted by Gasteiger charge is -2.36. The lowest BCUT2D eigenvalue weighted by atomic mass is 10.2. The highest BCUT2D eigenvalue weighted by molar-refractivity contribution is 6.33. The summed E-state index contributed by atoms with van der Waals surface area (Å²) >= 11 is 11.8. The maximum absolute atomic E-state index is 13.1. The Morgan fingerprint density at radius 1 is 1.00 bits per heavy atom. The molecule has 0 saturated carbocycles. The predicted molar refractivity (Wildman–Crippen MR) is 109 cm³/mol. The molecule has 2 aromatic carbocycles. The van der Waals surface area contributed by atoms with Gasteiger partial charge in [0, 0.05) is 49.9 Å². The Hall–Kier alpha value is -2.31. The number of hydrogen-bond acceptors (Lipinski definition) is 3. The monoisotopic (exact) mass is 423 g/mol. The molecular formula is C20H20Cl2FN3O2. The molecule has 0 bridgehead atoms. The summed E-state index contributed by atoms with van der Waals surface area (Å²) in [5.41, 5.74) is 1.27. The summed E-state index contributed by atoms with van der Waals surface area (Å²) in [5, 5.41) is 3.39. The van der Waals surface area contributed by atoms with Gasteiger partial charge in [0.1, 0.15) is 5.82 Å². The summed E-state index contributed by atoms with van der Waals surface area (Å²) in [4.78, 5) is 28.5. The van der Waals surface area contributed by atoms with Crippen molar-refractivity contribution in [2.45, 2.75) is 6.42 Å². The van der Waals surface area contributed by atoms with E-state index < -0.39 is 11.7 Å². The fraction of sp³-hybridized carbons (Fsp3) is 0.300. The van der Waals surface area contributed by atoms with E-state index in [0.29, 0.717) is 18.1 Å². The second-order valence-corrected chi connectivity index (χ2v) is 7.32. The zero-order valence-electron chi connectivity index (χ0n) is 15.1. The first kappa shape index (κ1) is 20.4. The van der Waals surface area contributed by atoms with E-state index in [-0.39, 0.29) is 29.5 Å². The maximum Gasteiger partial charge on any atom is 0.252 e. The van der Waals surface area contributed by atoms with Gasteiger partial charge in [-0.25, -0.2) is 4.39 Å². The van der Waals surface area contributed by atoms with Gasteiger partial charge in [0.25, 0.3) is 5.91 Å². The Labute approximate surface area is 173 Å². The van der Waals surface area contributed by atoms with Crippen molar-refractivity contribution in [3.63, 3.8) is 0 Å². The number of nitrogens with one attached hydrogen (secondary N) is 1. The van der Waals surface area contributed by atoms with Crippen LogP contribution in [0.15, 0.2) is 42.5 Å². The van der Waals surface area contributed by atoms with E-state index in [0.717, 1.165) is 24.8 Å². The lowest BCUT2D eigenvalue weighted by molar-refractivity contribution is -0.131. The van der Waals surface area contributed by atoms with Gasteiger partial charge < -0.3 is 15.1 Å². The molecule has 1 heterocycles. The zero-order valence-corrected chi connectivity index (χ0v) is 16.6. The molecule has 1 fully saturated rings. The van der Waals surface area contributed by atoms with Gasteiger partial charge in [-0.2, -0.15) is 0 Å². The Morgan fingerprint density at radius 3 is 2.32 bits per heavy atom. The fourth-order valence-electron chi connectivity index (χ4n) is 3.08. The molecule has 0 aromatic heterocycles. The molecule has 2 amide bonds. The molecule has 1 N–H and O–H groups in total. The third kappa shape index (κ3) is 5.14. The molecule has 1 aliphatic heterocycles. The van der Waals surface area contributed by atoms with Gasteiger partial charge in [-0.3, -0.25) is 9.59 Å². The van der Waals surface area contributed by atoms with Crippen molar-refractivity contribution >= 4 is 40.7 Å². The van der Waals surface area contributed by atoms with Gasteiger partial charge in [0.2, 0.25) is 5.91 Å². The number of piperazine rings is 1. The number of rotatable bonds is 5. The fourth-order valence-corrected chi connectivity index (χ4v) is 3.45. The molecule has 8 heteroatoms. The molecule has 0 atom stereocenters. The van der Waals surface area contributed by atoms with Gasteiger partial charge in [-0.15, -0.1) is 0 Å². The van der Waals surface area contributed by atoms with Crippen LogP contribution >= 0.6 is 23.2 Å². The van der Waals surface area contributed by atoms with E-state index in [1.807, 2.05) is 24.3 Å². The van der Waals surface area contributed by atoms with Crippen LogP contribution in [0.25, 0.3) is 0 Å². The Kier molecular flexibility index (Phi) is 6.75. The van der Waals surface area contributed by atoms with Gasteiger partial charge in [-0.05, 0) is 42.5 Å². The summed E-state index contributed by atoms with van der Waals surface area (Å²) in [6.45, 7) is 2.93. The van der Waals surface area contributed by atoms with Crippen molar-refractivity contribution in [1.29, 1.82) is 0 Å². The van der Waals surface area contributed by atoms with Crippen LogP contribution in [0.3, 0.4) is 0 Å². The van der Waals surface area contributed by atoms with Gasteiger partial charge >= 0.3 is 0 Å². The van der Waals surface area contributed by atoms with Crippen molar-refractivity contribution in [2.75, 3.05) is 37.6 Å². The summed E-state index contributed by atoms with van der Waals surface area (Å²) in [7, 11) is 0. The average molecular weight is 424 g/mol. The summed E-state index contributed by atoms with van der Waals surface area (Å²) in [6, 6.07) is 11.2. The minimum atomic E-state index is -0.505. The van der Waals surface area contributed by atoms with Crippen LogP contribution in [0.1, 0.15) is 16.8 Å². The van der Waals surface area contributed by atoms with Crippen molar-refractivity contribution < 1.29 is 14.0 Å². The van der Waals surface area contributed by atoms with E-state index in [1.165, 1.54) is 12.1 Å². The van der Waals surface area contributed by atoms with E-state index in [1.54, 1.807) is 4.90 Å². The van der Waals surface area contributed by atoms with Gasteiger partial charge in [0.15, 0.2) is 0 Å². The van der Waals surface area contributed by atoms with Crippen LogP contribution in [-0.4, -0.2) is 49.4 Å². The van der Waals surface area contributed by atoms with Crippen molar-refractivity contribution in [3.8, 4) is 0 Å². The Morgan fingerprint density at radius 2 is 1.68 bits per heavy atom. The van der Waals surface area contributed by atoms with E-state index in [9.17, 15) is 14.0 Å². The lowest BCUT2D eigenvalue weighted by Crippen LogP contribution is -2.49. The number of anilines is 1. The number of amides is 2. The molecule has 0 radical (unpaired) electrons. The van der Waals surface area contributed by atoms with E-state index in [4.69, 9.17) is 23.2 Å². The number of carbonyl (C=O) groups excluding carboxylic acids is 2. The third-order valence-electron chi connectivity index (χ3n) is 4.62. The normalized spacial score (nSPS) is 14.1. The number of hydrogen-bond donors (Lipinski definition) is 1. The average Bonchev–Trinajstić information content (AvgIpc) is 2.68. The summed E-state index contributed by atoms with van der Waals surface area (Å²) in [5.74, 6) is -0.943. The van der Waals surface area contributed by atoms with E-state index >= 15 is 0 Å². The van der Waals surface area contributed by atoms with Crippen molar-refractivity contribution in [3.05, 3.63) is 63.9 Å². The topological polar surface area (TPSA) is 52.7 Å². The second-order valence-electron chi connectivity index (χ2n) is 6.47. The third-order valence-corrected chi connectivity index (χ3v) is 5.19. The first-order chi connectivity index (χ1) is 13.4. The van der Waals surface area contributed by atoms with Gasteiger partial charge in [0.05, 0.1) is 10.6 Å².